The van der Waals surface area contributed by atoms with Gasteiger partial charge < -0.3 is 4.90 Å². The maximum absolute atomic E-state index is 12.5. The van der Waals surface area contributed by atoms with Crippen LogP contribution in [0.3, 0.4) is 0 Å². The van der Waals surface area contributed by atoms with E-state index in [0.717, 1.165) is 12.1 Å². The fraction of sp³-hybridized carbons (Fsp3) is 0.462. The molecule has 18 heavy (non-hydrogen) atoms. The largest absolute Gasteiger partial charge is 0.416 e. The Kier molecular flexibility index (Phi) is 4.90. The minimum Gasteiger partial charge on any atom is -0.309 e. The zero-order valence-corrected chi connectivity index (χ0v) is 10.4. The first-order valence-electron chi connectivity index (χ1n) is 5.61. The first kappa shape index (κ1) is 14.7. The van der Waals surface area contributed by atoms with Gasteiger partial charge in [0, 0.05) is 19.4 Å². The summed E-state index contributed by atoms with van der Waals surface area (Å²) >= 11 is 0. The lowest BCUT2D eigenvalue weighted by atomic mass is 10.0. The van der Waals surface area contributed by atoms with Crippen LogP contribution in [0.2, 0.25) is 0 Å². The monoisotopic (exact) mass is 259 g/mol. The Bertz CT molecular complexity index is 413. The maximum Gasteiger partial charge on any atom is 0.416 e. The summed E-state index contributed by atoms with van der Waals surface area (Å²) in [6.07, 6.45) is -3.95. The third-order valence-electron chi connectivity index (χ3n) is 2.49. The molecule has 1 aromatic rings. The number of carbonyl (C=O) groups excluding carboxylic acids is 1. The molecule has 0 aliphatic rings. The molecule has 0 aliphatic heterocycles. The van der Waals surface area contributed by atoms with E-state index in [0.29, 0.717) is 18.5 Å². The van der Waals surface area contributed by atoms with Crippen LogP contribution in [0.5, 0.6) is 0 Å². The van der Waals surface area contributed by atoms with E-state index in [2.05, 4.69) is 0 Å². The van der Waals surface area contributed by atoms with E-state index in [1.54, 1.807) is 6.07 Å². The molecule has 2 nitrogen and oxygen atoms in total. The number of ketones is 1. The molecular formula is C13H16F3NO. The highest BCUT2D eigenvalue weighted by Gasteiger charge is 2.30. The van der Waals surface area contributed by atoms with E-state index in [-0.39, 0.29) is 12.2 Å². The summed E-state index contributed by atoms with van der Waals surface area (Å²) in [5.41, 5.74) is -0.297. The Balaban J connectivity index is 2.65. The van der Waals surface area contributed by atoms with E-state index in [1.807, 2.05) is 19.0 Å². The molecule has 0 saturated heterocycles. The fourth-order valence-corrected chi connectivity index (χ4v) is 1.52. The molecule has 0 bridgehead atoms. The van der Waals surface area contributed by atoms with Crippen LogP contribution >= 0.6 is 0 Å². The molecule has 0 aliphatic carbocycles. The van der Waals surface area contributed by atoms with E-state index in [4.69, 9.17) is 0 Å². The topological polar surface area (TPSA) is 20.3 Å². The van der Waals surface area contributed by atoms with Crippen molar-refractivity contribution in [2.24, 2.45) is 0 Å². The maximum atomic E-state index is 12.5. The molecule has 0 radical (unpaired) electrons. The van der Waals surface area contributed by atoms with E-state index < -0.39 is 11.7 Å². The van der Waals surface area contributed by atoms with Crippen LogP contribution < -0.4 is 0 Å². The summed E-state index contributed by atoms with van der Waals surface area (Å²) in [7, 11) is 3.69. The second-order valence-electron chi connectivity index (χ2n) is 4.47. The van der Waals surface area contributed by atoms with Crippen LogP contribution in [0.15, 0.2) is 24.3 Å². The molecule has 0 aromatic heterocycles. The zero-order valence-electron chi connectivity index (χ0n) is 10.4. The van der Waals surface area contributed by atoms with Gasteiger partial charge in [-0.05, 0) is 25.7 Å². The Hall–Kier alpha value is -1.36. The van der Waals surface area contributed by atoms with Crippen molar-refractivity contribution in [1.82, 2.24) is 4.90 Å². The SMILES string of the molecule is CN(C)CCC(=O)Cc1cccc(C(F)(F)F)c1. The third-order valence-corrected chi connectivity index (χ3v) is 2.49. The van der Waals surface area contributed by atoms with Crippen molar-refractivity contribution in [1.29, 1.82) is 0 Å². The minimum absolute atomic E-state index is 0.0528. The summed E-state index contributed by atoms with van der Waals surface area (Å²) < 4.78 is 37.4. The molecule has 0 heterocycles. The number of Topliss-reactive ketones (excluding diaryl/α,β-unsaturated/α-hetero) is 1. The molecule has 0 saturated carbocycles. The Morgan fingerprint density at radius 2 is 1.94 bits per heavy atom. The number of hydrogen-bond acceptors (Lipinski definition) is 2. The second kappa shape index (κ2) is 6.00. The van der Waals surface area contributed by atoms with Crippen molar-refractivity contribution in [2.45, 2.75) is 19.0 Å². The molecule has 0 amide bonds. The van der Waals surface area contributed by atoms with Gasteiger partial charge >= 0.3 is 6.18 Å². The predicted octanol–water partition coefficient (Wildman–Crippen LogP) is 2.77. The molecule has 0 fully saturated rings. The average molecular weight is 259 g/mol. The van der Waals surface area contributed by atoms with Gasteiger partial charge in [0.1, 0.15) is 5.78 Å². The van der Waals surface area contributed by atoms with Gasteiger partial charge in [0.05, 0.1) is 5.56 Å². The highest BCUT2D eigenvalue weighted by atomic mass is 19.4. The Morgan fingerprint density at radius 1 is 1.28 bits per heavy atom. The summed E-state index contributed by atoms with van der Waals surface area (Å²) in [5.74, 6) is -0.0528. The smallest absolute Gasteiger partial charge is 0.309 e. The number of benzene rings is 1. The molecule has 0 atom stereocenters. The lowest BCUT2D eigenvalue weighted by Crippen LogP contribution is -2.17. The summed E-state index contributed by atoms with van der Waals surface area (Å²) in [6.45, 7) is 0.609. The van der Waals surface area contributed by atoms with Gasteiger partial charge in [-0.1, -0.05) is 18.2 Å². The molecule has 1 aromatic carbocycles. The molecule has 0 N–H and O–H groups in total. The van der Waals surface area contributed by atoms with Gasteiger partial charge in [0.25, 0.3) is 0 Å². The average Bonchev–Trinajstić information content (AvgIpc) is 2.25. The molecule has 5 heteroatoms. The van der Waals surface area contributed by atoms with Crippen molar-refractivity contribution in [3.05, 3.63) is 35.4 Å². The number of nitrogens with zero attached hydrogens (tertiary/aromatic N) is 1. The zero-order chi connectivity index (χ0) is 13.8. The van der Waals surface area contributed by atoms with Crippen LogP contribution in [0.1, 0.15) is 17.5 Å². The number of halogens is 3. The summed E-state index contributed by atoms with van der Waals surface area (Å²) in [4.78, 5) is 13.4. The van der Waals surface area contributed by atoms with Crippen LogP contribution in [-0.2, 0) is 17.4 Å². The number of hydrogen-bond donors (Lipinski definition) is 0. The Labute approximate surface area is 104 Å². The van der Waals surface area contributed by atoms with Gasteiger partial charge in [-0.3, -0.25) is 4.79 Å². The summed E-state index contributed by atoms with van der Waals surface area (Å²) in [6, 6.07) is 4.92. The minimum atomic E-state index is -4.36. The van der Waals surface area contributed by atoms with Crippen molar-refractivity contribution in [2.75, 3.05) is 20.6 Å². The first-order valence-corrected chi connectivity index (χ1v) is 5.61. The normalized spacial score (nSPS) is 11.9. The van der Waals surface area contributed by atoms with E-state index >= 15 is 0 Å². The predicted molar refractivity (Wildman–Crippen MR) is 63.3 cm³/mol. The van der Waals surface area contributed by atoms with E-state index in [9.17, 15) is 18.0 Å². The molecule has 1 rings (SSSR count). The second-order valence-corrected chi connectivity index (χ2v) is 4.47. The number of carbonyl (C=O) groups is 1. The molecular weight excluding hydrogens is 243 g/mol. The highest BCUT2D eigenvalue weighted by molar-refractivity contribution is 5.81. The fourth-order valence-electron chi connectivity index (χ4n) is 1.52. The molecule has 0 spiro atoms. The van der Waals surface area contributed by atoms with Gasteiger partial charge in [0.2, 0.25) is 0 Å². The van der Waals surface area contributed by atoms with Crippen LogP contribution in [0.4, 0.5) is 13.2 Å². The number of rotatable bonds is 5. The van der Waals surface area contributed by atoms with E-state index in [1.165, 1.54) is 6.07 Å². The van der Waals surface area contributed by atoms with Gasteiger partial charge in [-0.15, -0.1) is 0 Å². The van der Waals surface area contributed by atoms with Crippen molar-refractivity contribution >= 4 is 5.78 Å². The lowest BCUT2D eigenvalue weighted by molar-refractivity contribution is -0.137. The Morgan fingerprint density at radius 3 is 2.50 bits per heavy atom. The first-order chi connectivity index (χ1) is 8.29. The van der Waals surface area contributed by atoms with Gasteiger partial charge in [-0.2, -0.15) is 13.2 Å². The van der Waals surface area contributed by atoms with Gasteiger partial charge in [0.15, 0.2) is 0 Å². The third kappa shape index (κ3) is 4.87. The van der Waals surface area contributed by atoms with Crippen LogP contribution in [-0.4, -0.2) is 31.3 Å². The van der Waals surface area contributed by atoms with Crippen LogP contribution in [0, 0.1) is 0 Å². The van der Waals surface area contributed by atoms with Gasteiger partial charge in [-0.25, -0.2) is 0 Å². The van der Waals surface area contributed by atoms with Crippen LogP contribution in [0.25, 0.3) is 0 Å². The van der Waals surface area contributed by atoms with Crippen molar-refractivity contribution in [3.8, 4) is 0 Å². The summed E-state index contributed by atoms with van der Waals surface area (Å²) in [5, 5.41) is 0. The highest BCUT2D eigenvalue weighted by Crippen LogP contribution is 2.29. The lowest BCUT2D eigenvalue weighted by Gasteiger charge is -2.10. The number of alkyl halides is 3. The quantitative estimate of drug-likeness (QED) is 0.810. The molecule has 100 valence electrons. The van der Waals surface area contributed by atoms with Crippen molar-refractivity contribution < 1.29 is 18.0 Å². The standard InChI is InChI=1S/C13H16F3NO/c1-17(2)7-6-12(18)9-10-4-3-5-11(8-10)13(14,15)16/h3-5,8H,6-7,9H2,1-2H3. The van der Waals surface area contributed by atoms with Crippen molar-refractivity contribution in [3.63, 3.8) is 0 Å². The molecule has 0 unspecified atom stereocenters.